The van der Waals surface area contributed by atoms with Crippen molar-refractivity contribution >= 4 is 39.8 Å². The van der Waals surface area contributed by atoms with Crippen molar-refractivity contribution in [1.29, 1.82) is 0 Å². The number of aromatic nitrogens is 1. The summed E-state index contributed by atoms with van der Waals surface area (Å²) in [7, 11) is -2.92. The number of hydrogen-bond donors (Lipinski definition) is 2. The Balaban J connectivity index is 0.00000300. The van der Waals surface area contributed by atoms with Crippen LogP contribution < -0.4 is 15.4 Å². The van der Waals surface area contributed by atoms with E-state index in [1.807, 2.05) is 49.4 Å². The Labute approximate surface area is 189 Å². The van der Waals surface area contributed by atoms with Crippen LogP contribution in [-0.4, -0.2) is 43.5 Å². The van der Waals surface area contributed by atoms with Crippen LogP contribution >= 0.6 is 24.0 Å². The Bertz CT molecular complexity index is 890. The van der Waals surface area contributed by atoms with Crippen molar-refractivity contribution in [3.8, 4) is 5.75 Å². The fourth-order valence-electron chi connectivity index (χ4n) is 2.92. The van der Waals surface area contributed by atoms with E-state index in [-0.39, 0.29) is 41.5 Å². The molecule has 158 valence electrons. The van der Waals surface area contributed by atoms with Gasteiger partial charge < -0.3 is 15.4 Å². The van der Waals surface area contributed by atoms with Crippen LogP contribution in [-0.2, 0) is 23.0 Å². The largest absolute Gasteiger partial charge is 0.487 e. The third-order valence-electron chi connectivity index (χ3n) is 4.37. The quantitative estimate of drug-likeness (QED) is 0.325. The molecule has 0 amide bonds. The van der Waals surface area contributed by atoms with E-state index in [1.165, 1.54) is 0 Å². The maximum Gasteiger partial charge on any atom is 0.191 e. The van der Waals surface area contributed by atoms with Gasteiger partial charge in [0, 0.05) is 18.8 Å². The zero-order chi connectivity index (χ0) is 19.8. The Morgan fingerprint density at radius 2 is 2.03 bits per heavy atom. The lowest BCUT2D eigenvalue weighted by Gasteiger charge is -2.15. The first-order valence-electron chi connectivity index (χ1n) is 9.41. The van der Waals surface area contributed by atoms with E-state index in [1.54, 1.807) is 6.20 Å². The molecule has 9 heteroatoms. The van der Waals surface area contributed by atoms with Crippen molar-refractivity contribution in [3.63, 3.8) is 0 Å². The van der Waals surface area contributed by atoms with Gasteiger partial charge in [0.2, 0.25) is 0 Å². The number of guanidine groups is 1. The third kappa shape index (κ3) is 7.81. The van der Waals surface area contributed by atoms with Gasteiger partial charge in [-0.3, -0.25) is 4.98 Å². The molecule has 1 aromatic heterocycles. The van der Waals surface area contributed by atoms with E-state index >= 15 is 0 Å². The molecule has 29 heavy (non-hydrogen) atoms. The van der Waals surface area contributed by atoms with Gasteiger partial charge in [-0.2, -0.15) is 0 Å². The zero-order valence-electron chi connectivity index (χ0n) is 16.4. The summed E-state index contributed by atoms with van der Waals surface area (Å²) in [5.41, 5.74) is 1.92. The number of benzene rings is 1. The summed E-state index contributed by atoms with van der Waals surface area (Å²) in [6.45, 7) is 3.62. The van der Waals surface area contributed by atoms with Crippen LogP contribution in [0.3, 0.4) is 0 Å². The van der Waals surface area contributed by atoms with E-state index in [4.69, 9.17) is 4.74 Å². The van der Waals surface area contributed by atoms with Crippen molar-refractivity contribution in [2.24, 2.45) is 4.99 Å². The van der Waals surface area contributed by atoms with E-state index in [0.717, 1.165) is 17.0 Å². The molecule has 1 unspecified atom stereocenters. The number of aliphatic imine (C=N–C) groups is 1. The molecule has 0 aliphatic carbocycles. The Kier molecular flexibility index (Phi) is 9.15. The average Bonchev–Trinajstić information content (AvgIpc) is 3.04. The Hall–Kier alpha value is -1.88. The maximum atomic E-state index is 11.6. The lowest BCUT2D eigenvalue weighted by molar-refractivity contribution is 0.301. The second-order valence-corrected chi connectivity index (χ2v) is 8.92. The smallest absolute Gasteiger partial charge is 0.191 e. The standard InChI is InChI=1S/C20H26N4O3S.HI/c1-2-21-20(24-18-10-12-28(25,26)15-18)23-13-16-6-8-19(9-7-16)27-14-17-5-3-4-11-22-17;/h3-9,11,18H,2,10,12-15H2,1H3,(H2,21,23,24);1H. The van der Waals surface area contributed by atoms with Gasteiger partial charge in [0.05, 0.1) is 23.7 Å². The number of ether oxygens (including phenoxy) is 1. The van der Waals surface area contributed by atoms with E-state index < -0.39 is 9.84 Å². The van der Waals surface area contributed by atoms with Gasteiger partial charge in [-0.15, -0.1) is 24.0 Å². The molecule has 0 radical (unpaired) electrons. The first-order chi connectivity index (χ1) is 13.5. The van der Waals surface area contributed by atoms with Gasteiger partial charge in [0.25, 0.3) is 0 Å². The van der Waals surface area contributed by atoms with Crippen molar-refractivity contribution in [2.45, 2.75) is 32.5 Å². The molecule has 0 saturated carbocycles. The zero-order valence-corrected chi connectivity index (χ0v) is 19.5. The van der Waals surface area contributed by atoms with Gasteiger partial charge >= 0.3 is 0 Å². The normalized spacial score (nSPS) is 18.0. The number of hydrogen-bond acceptors (Lipinski definition) is 5. The van der Waals surface area contributed by atoms with Crippen molar-refractivity contribution < 1.29 is 13.2 Å². The molecule has 2 heterocycles. The highest BCUT2D eigenvalue weighted by atomic mass is 127. The Morgan fingerprint density at radius 3 is 2.66 bits per heavy atom. The van der Waals surface area contributed by atoms with Gasteiger partial charge in [0.1, 0.15) is 12.4 Å². The third-order valence-corrected chi connectivity index (χ3v) is 6.14. The highest BCUT2D eigenvalue weighted by Gasteiger charge is 2.28. The Morgan fingerprint density at radius 1 is 1.24 bits per heavy atom. The lowest BCUT2D eigenvalue weighted by Crippen LogP contribution is -2.44. The molecule has 1 saturated heterocycles. The predicted octanol–water partition coefficient (Wildman–Crippen LogP) is 2.52. The highest BCUT2D eigenvalue weighted by Crippen LogP contribution is 2.15. The minimum Gasteiger partial charge on any atom is -0.487 e. The summed E-state index contributed by atoms with van der Waals surface area (Å²) < 4.78 is 29.0. The van der Waals surface area contributed by atoms with E-state index in [0.29, 0.717) is 32.1 Å². The molecule has 2 N–H and O–H groups in total. The molecule has 1 fully saturated rings. The number of rotatable bonds is 7. The first-order valence-corrected chi connectivity index (χ1v) is 11.2. The van der Waals surface area contributed by atoms with Crippen LogP contribution in [0.5, 0.6) is 5.75 Å². The first kappa shape index (κ1) is 23.4. The van der Waals surface area contributed by atoms with Crippen LogP contribution in [0.15, 0.2) is 53.7 Å². The summed E-state index contributed by atoms with van der Waals surface area (Å²) in [6, 6.07) is 13.4. The summed E-state index contributed by atoms with van der Waals surface area (Å²) in [4.78, 5) is 8.80. The van der Waals surface area contributed by atoms with Gasteiger partial charge in [0.15, 0.2) is 15.8 Å². The second-order valence-electron chi connectivity index (χ2n) is 6.69. The molecular formula is C20H27IN4O3S. The highest BCUT2D eigenvalue weighted by molar-refractivity contribution is 14.0. The number of pyridine rings is 1. The molecule has 7 nitrogen and oxygen atoms in total. The summed E-state index contributed by atoms with van der Waals surface area (Å²) in [5.74, 6) is 1.82. The minimum atomic E-state index is -2.92. The molecule has 3 rings (SSSR count). The average molecular weight is 530 g/mol. The van der Waals surface area contributed by atoms with Crippen LogP contribution in [0, 0.1) is 0 Å². The predicted molar refractivity (Wildman–Crippen MR) is 125 cm³/mol. The number of nitrogens with zero attached hydrogens (tertiary/aromatic N) is 2. The fraction of sp³-hybridized carbons (Fsp3) is 0.400. The van der Waals surface area contributed by atoms with Crippen molar-refractivity contribution in [1.82, 2.24) is 15.6 Å². The lowest BCUT2D eigenvalue weighted by atomic mass is 10.2. The molecule has 1 aliphatic heterocycles. The summed E-state index contributed by atoms with van der Waals surface area (Å²) in [5, 5.41) is 6.39. The van der Waals surface area contributed by atoms with E-state index in [9.17, 15) is 8.42 Å². The number of nitrogens with one attached hydrogen (secondary N) is 2. The number of sulfone groups is 1. The maximum absolute atomic E-state index is 11.6. The number of halogens is 1. The van der Waals surface area contributed by atoms with Crippen LogP contribution in [0.4, 0.5) is 0 Å². The summed E-state index contributed by atoms with van der Waals surface area (Å²) in [6.07, 6.45) is 2.37. The molecular weight excluding hydrogens is 503 g/mol. The van der Waals surface area contributed by atoms with E-state index in [2.05, 4.69) is 20.6 Å². The van der Waals surface area contributed by atoms with Crippen LogP contribution in [0.2, 0.25) is 0 Å². The van der Waals surface area contributed by atoms with Crippen molar-refractivity contribution in [3.05, 3.63) is 59.9 Å². The molecule has 1 aromatic carbocycles. The molecule has 2 aromatic rings. The van der Waals surface area contributed by atoms with Gasteiger partial charge in [-0.25, -0.2) is 13.4 Å². The van der Waals surface area contributed by atoms with Crippen molar-refractivity contribution in [2.75, 3.05) is 18.1 Å². The monoisotopic (exact) mass is 530 g/mol. The second kappa shape index (κ2) is 11.3. The van der Waals surface area contributed by atoms with Gasteiger partial charge in [-0.05, 0) is 43.2 Å². The molecule has 0 bridgehead atoms. The topological polar surface area (TPSA) is 92.7 Å². The minimum absolute atomic E-state index is 0. The summed E-state index contributed by atoms with van der Waals surface area (Å²) >= 11 is 0. The van der Waals surface area contributed by atoms with Crippen LogP contribution in [0.25, 0.3) is 0 Å². The molecule has 1 aliphatic rings. The van der Waals surface area contributed by atoms with Gasteiger partial charge in [-0.1, -0.05) is 18.2 Å². The molecule has 1 atom stereocenters. The fourth-order valence-corrected chi connectivity index (χ4v) is 4.60. The SMILES string of the molecule is CCNC(=NCc1ccc(OCc2ccccn2)cc1)NC1CCS(=O)(=O)C1.I. The molecule has 0 spiro atoms. The van der Waals surface area contributed by atoms with Crippen LogP contribution in [0.1, 0.15) is 24.6 Å².